The SMILES string of the molecule is CCN1CCN(C(=O)CN(C(C)=O)c2ccc(C)cc2)CC1. The summed E-state index contributed by atoms with van der Waals surface area (Å²) in [5.41, 5.74) is 1.91. The number of likely N-dealkylation sites (N-methyl/N-ethyl adjacent to an activating group) is 1. The average Bonchev–Trinajstić information content (AvgIpc) is 2.53. The predicted octanol–water partition coefficient (Wildman–Crippen LogP) is 1.51. The fraction of sp³-hybridized carbons (Fsp3) is 0.529. The van der Waals surface area contributed by atoms with Gasteiger partial charge in [0.05, 0.1) is 0 Å². The summed E-state index contributed by atoms with van der Waals surface area (Å²) in [4.78, 5) is 30.1. The van der Waals surface area contributed by atoms with Crippen molar-refractivity contribution in [2.24, 2.45) is 0 Å². The predicted molar refractivity (Wildman–Crippen MR) is 87.9 cm³/mol. The van der Waals surface area contributed by atoms with Crippen LogP contribution in [0, 0.1) is 6.92 Å². The van der Waals surface area contributed by atoms with Gasteiger partial charge in [-0.05, 0) is 25.6 Å². The zero-order chi connectivity index (χ0) is 16.1. The van der Waals surface area contributed by atoms with E-state index in [-0.39, 0.29) is 18.4 Å². The first-order chi connectivity index (χ1) is 10.5. The van der Waals surface area contributed by atoms with E-state index in [4.69, 9.17) is 0 Å². The van der Waals surface area contributed by atoms with E-state index in [9.17, 15) is 9.59 Å². The number of nitrogens with zero attached hydrogens (tertiary/aromatic N) is 3. The molecule has 0 N–H and O–H groups in total. The summed E-state index contributed by atoms with van der Waals surface area (Å²) >= 11 is 0. The Kier molecular flexibility index (Phi) is 5.55. The van der Waals surface area contributed by atoms with Crippen LogP contribution in [0.3, 0.4) is 0 Å². The number of anilines is 1. The molecule has 0 saturated carbocycles. The van der Waals surface area contributed by atoms with Crippen LogP contribution in [0.4, 0.5) is 5.69 Å². The Bertz CT molecular complexity index is 519. The standard InChI is InChI=1S/C17H25N3O2/c1-4-18-9-11-19(12-10-18)17(22)13-20(15(3)21)16-7-5-14(2)6-8-16/h5-8H,4,9-13H2,1-3H3. The van der Waals surface area contributed by atoms with E-state index in [1.807, 2.05) is 36.1 Å². The van der Waals surface area contributed by atoms with Gasteiger partial charge in [0.2, 0.25) is 11.8 Å². The second-order valence-electron chi connectivity index (χ2n) is 5.76. The second kappa shape index (κ2) is 7.40. The molecule has 0 aliphatic carbocycles. The number of benzene rings is 1. The van der Waals surface area contributed by atoms with Gasteiger partial charge in [0.25, 0.3) is 0 Å². The van der Waals surface area contributed by atoms with Crippen LogP contribution in [0.1, 0.15) is 19.4 Å². The van der Waals surface area contributed by atoms with Crippen LogP contribution in [0.15, 0.2) is 24.3 Å². The molecule has 0 spiro atoms. The lowest BCUT2D eigenvalue weighted by molar-refractivity contribution is -0.132. The number of hydrogen-bond donors (Lipinski definition) is 0. The lowest BCUT2D eigenvalue weighted by Crippen LogP contribution is -2.51. The van der Waals surface area contributed by atoms with Crippen LogP contribution in [0.2, 0.25) is 0 Å². The molecule has 1 aliphatic heterocycles. The van der Waals surface area contributed by atoms with Gasteiger partial charge in [-0.3, -0.25) is 9.59 Å². The lowest BCUT2D eigenvalue weighted by Gasteiger charge is -2.35. The van der Waals surface area contributed by atoms with Gasteiger partial charge in [-0.2, -0.15) is 0 Å². The third-order valence-electron chi connectivity index (χ3n) is 4.19. The van der Waals surface area contributed by atoms with E-state index in [1.165, 1.54) is 6.92 Å². The first-order valence-corrected chi connectivity index (χ1v) is 7.86. The minimum Gasteiger partial charge on any atom is -0.339 e. The summed E-state index contributed by atoms with van der Waals surface area (Å²) in [7, 11) is 0. The molecule has 1 saturated heterocycles. The smallest absolute Gasteiger partial charge is 0.242 e. The highest BCUT2D eigenvalue weighted by atomic mass is 16.2. The minimum atomic E-state index is -0.107. The first-order valence-electron chi connectivity index (χ1n) is 7.86. The van der Waals surface area contributed by atoms with E-state index in [0.717, 1.165) is 44.0 Å². The summed E-state index contributed by atoms with van der Waals surface area (Å²) in [6.07, 6.45) is 0. The van der Waals surface area contributed by atoms with E-state index in [2.05, 4.69) is 11.8 Å². The number of aryl methyl sites for hydroxylation is 1. The van der Waals surface area contributed by atoms with Gasteiger partial charge < -0.3 is 14.7 Å². The molecule has 1 aliphatic rings. The van der Waals surface area contributed by atoms with E-state index >= 15 is 0 Å². The lowest BCUT2D eigenvalue weighted by atomic mass is 10.2. The summed E-state index contributed by atoms with van der Waals surface area (Å²) in [6.45, 7) is 10.1. The van der Waals surface area contributed by atoms with Crippen LogP contribution in [-0.2, 0) is 9.59 Å². The molecule has 0 unspecified atom stereocenters. The van der Waals surface area contributed by atoms with Gasteiger partial charge in [0.15, 0.2) is 0 Å². The van der Waals surface area contributed by atoms with Gasteiger partial charge in [-0.25, -0.2) is 0 Å². The van der Waals surface area contributed by atoms with Gasteiger partial charge in [0, 0.05) is 38.8 Å². The van der Waals surface area contributed by atoms with Gasteiger partial charge in [-0.1, -0.05) is 24.6 Å². The maximum absolute atomic E-state index is 12.5. The Morgan fingerprint density at radius 2 is 1.68 bits per heavy atom. The summed E-state index contributed by atoms with van der Waals surface area (Å²) < 4.78 is 0. The molecule has 2 rings (SSSR count). The van der Waals surface area contributed by atoms with Crippen molar-refractivity contribution >= 4 is 17.5 Å². The van der Waals surface area contributed by atoms with Crippen molar-refractivity contribution in [3.8, 4) is 0 Å². The van der Waals surface area contributed by atoms with Gasteiger partial charge in [0.1, 0.15) is 6.54 Å². The van der Waals surface area contributed by atoms with Gasteiger partial charge in [-0.15, -0.1) is 0 Å². The van der Waals surface area contributed by atoms with Crippen molar-refractivity contribution in [1.29, 1.82) is 0 Å². The molecule has 5 heteroatoms. The summed E-state index contributed by atoms with van der Waals surface area (Å²) in [6, 6.07) is 7.68. The molecule has 1 fully saturated rings. The molecule has 1 heterocycles. The summed E-state index contributed by atoms with van der Waals surface area (Å²) in [5.74, 6) is -0.0871. The van der Waals surface area contributed by atoms with Crippen LogP contribution in [0.25, 0.3) is 0 Å². The topological polar surface area (TPSA) is 43.9 Å². The molecule has 0 aromatic heterocycles. The molecule has 0 atom stereocenters. The zero-order valence-electron chi connectivity index (χ0n) is 13.7. The second-order valence-corrected chi connectivity index (χ2v) is 5.76. The van der Waals surface area contributed by atoms with Crippen molar-refractivity contribution in [2.75, 3.05) is 44.2 Å². The Balaban J connectivity index is 2.01. The third kappa shape index (κ3) is 4.07. The van der Waals surface area contributed by atoms with Crippen molar-refractivity contribution < 1.29 is 9.59 Å². The molecular formula is C17H25N3O2. The number of rotatable bonds is 4. The molecule has 2 amide bonds. The summed E-state index contributed by atoms with van der Waals surface area (Å²) in [5, 5.41) is 0. The molecule has 1 aromatic rings. The average molecular weight is 303 g/mol. The van der Waals surface area contributed by atoms with Crippen molar-refractivity contribution in [3.63, 3.8) is 0 Å². The minimum absolute atomic E-state index is 0.0199. The molecule has 22 heavy (non-hydrogen) atoms. The molecule has 0 radical (unpaired) electrons. The molecule has 1 aromatic carbocycles. The normalized spacial score (nSPS) is 15.7. The van der Waals surface area contributed by atoms with E-state index in [1.54, 1.807) is 4.90 Å². The first kappa shape index (κ1) is 16.5. The van der Waals surface area contributed by atoms with Crippen LogP contribution >= 0.6 is 0 Å². The Labute approximate surface area is 132 Å². The fourth-order valence-electron chi connectivity index (χ4n) is 2.66. The molecular weight excluding hydrogens is 278 g/mol. The highest BCUT2D eigenvalue weighted by Crippen LogP contribution is 2.16. The van der Waals surface area contributed by atoms with Crippen LogP contribution in [-0.4, -0.2) is 60.9 Å². The maximum Gasteiger partial charge on any atom is 0.242 e. The van der Waals surface area contributed by atoms with E-state index in [0.29, 0.717) is 0 Å². The third-order valence-corrected chi connectivity index (χ3v) is 4.19. The van der Waals surface area contributed by atoms with Crippen LogP contribution < -0.4 is 4.90 Å². The number of amides is 2. The number of carbonyl (C=O) groups is 2. The number of hydrogen-bond acceptors (Lipinski definition) is 3. The van der Waals surface area contributed by atoms with Crippen LogP contribution in [0.5, 0.6) is 0 Å². The molecule has 120 valence electrons. The van der Waals surface area contributed by atoms with Crippen molar-refractivity contribution in [2.45, 2.75) is 20.8 Å². The quantitative estimate of drug-likeness (QED) is 0.847. The number of piperazine rings is 1. The highest BCUT2D eigenvalue weighted by Gasteiger charge is 2.23. The highest BCUT2D eigenvalue weighted by molar-refractivity contribution is 5.97. The largest absolute Gasteiger partial charge is 0.339 e. The molecule has 0 bridgehead atoms. The maximum atomic E-state index is 12.5. The van der Waals surface area contributed by atoms with Crippen molar-refractivity contribution in [1.82, 2.24) is 9.80 Å². The fourth-order valence-corrected chi connectivity index (χ4v) is 2.66. The van der Waals surface area contributed by atoms with Crippen molar-refractivity contribution in [3.05, 3.63) is 29.8 Å². The Morgan fingerprint density at radius 1 is 1.09 bits per heavy atom. The number of carbonyl (C=O) groups excluding carboxylic acids is 2. The Morgan fingerprint density at radius 3 is 2.18 bits per heavy atom. The monoisotopic (exact) mass is 303 g/mol. The van der Waals surface area contributed by atoms with E-state index < -0.39 is 0 Å². The van der Waals surface area contributed by atoms with Gasteiger partial charge >= 0.3 is 0 Å². The zero-order valence-corrected chi connectivity index (χ0v) is 13.7. The molecule has 5 nitrogen and oxygen atoms in total. The Hall–Kier alpha value is -1.88.